The average molecular weight is 345 g/mol. The van der Waals surface area contributed by atoms with Crippen molar-refractivity contribution >= 4 is 5.91 Å². The van der Waals surface area contributed by atoms with Gasteiger partial charge >= 0.3 is 0 Å². The van der Waals surface area contributed by atoms with Crippen molar-refractivity contribution in [1.29, 1.82) is 0 Å². The van der Waals surface area contributed by atoms with Gasteiger partial charge in [0, 0.05) is 44.1 Å². The Hall–Kier alpha value is -2.18. The van der Waals surface area contributed by atoms with E-state index >= 15 is 0 Å². The second-order valence-corrected chi connectivity index (χ2v) is 6.76. The topological polar surface area (TPSA) is 77.0 Å². The van der Waals surface area contributed by atoms with E-state index in [-0.39, 0.29) is 11.9 Å². The number of nitrogens with zero attached hydrogens (tertiary/aromatic N) is 5. The summed E-state index contributed by atoms with van der Waals surface area (Å²) >= 11 is 0. The van der Waals surface area contributed by atoms with E-state index < -0.39 is 0 Å². The van der Waals surface area contributed by atoms with E-state index in [2.05, 4.69) is 22.2 Å². The zero-order chi connectivity index (χ0) is 18.0. The summed E-state index contributed by atoms with van der Waals surface area (Å²) in [6.45, 7) is 6.94. The average Bonchev–Trinajstić information content (AvgIpc) is 3.28. The van der Waals surface area contributed by atoms with Crippen molar-refractivity contribution in [2.75, 3.05) is 6.54 Å². The van der Waals surface area contributed by atoms with Gasteiger partial charge in [0.1, 0.15) is 0 Å². The predicted molar refractivity (Wildman–Crippen MR) is 93.0 cm³/mol. The van der Waals surface area contributed by atoms with E-state index in [0.717, 1.165) is 49.4 Å². The van der Waals surface area contributed by atoms with Crippen LogP contribution in [0, 0.1) is 13.8 Å². The summed E-state index contributed by atoms with van der Waals surface area (Å²) in [5.74, 6) is 1.56. The maximum absolute atomic E-state index is 12.7. The molecular formula is C18H27N5O2. The summed E-state index contributed by atoms with van der Waals surface area (Å²) in [5, 5.41) is 8.40. The van der Waals surface area contributed by atoms with E-state index in [1.165, 1.54) is 5.56 Å². The highest BCUT2D eigenvalue weighted by Crippen LogP contribution is 2.35. The predicted octanol–water partition coefficient (Wildman–Crippen LogP) is 2.67. The Morgan fingerprint density at radius 3 is 2.80 bits per heavy atom. The van der Waals surface area contributed by atoms with Crippen molar-refractivity contribution in [3.8, 4) is 0 Å². The van der Waals surface area contributed by atoms with Crippen LogP contribution in [0.25, 0.3) is 0 Å². The van der Waals surface area contributed by atoms with Crippen LogP contribution >= 0.6 is 0 Å². The number of hydrogen-bond donors (Lipinski definition) is 0. The lowest BCUT2D eigenvalue weighted by atomic mass is 10.0. The molecule has 1 aliphatic heterocycles. The molecule has 0 saturated carbocycles. The molecule has 3 heterocycles. The zero-order valence-corrected chi connectivity index (χ0v) is 15.6. The summed E-state index contributed by atoms with van der Waals surface area (Å²) in [6, 6.07) is 0.163. The molecule has 1 fully saturated rings. The lowest BCUT2D eigenvalue weighted by Crippen LogP contribution is -2.31. The van der Waals surface area contributed by atoms with Gasteiger partial charge in [0.2, 0.25) is 11.8 Å². The third-order valence-corrected chi connectivity index (χ3v) is 5.08. The molecule has 1 amide bonds. The molecule has 1 aliphatic rings. The molecule has 2 aromatic rings. The van der Waals surface area contributed by atoms with Crippen LogP contribution in [-0.2, 0) is 24.7 Å². The summed E-state index contributed by atoms with van der Waals surface area (Å²) in [6.07, 6.45) is 4.73. The van der Waals surface area contributed by atoms with Crippen LogP contribution in [0.15, 0.2) is 4.52 Å². The van der Waals surface area contributed by atoms with Crippen molar-refractivity contribution < 1.29 is 9.32 Å². The SMILES string of the molecule is CCc1noc(CCCC(=O)N2CCCC2c2c(C)nn(C)c2C)n1. The minimum absolute atomic E-state index is 0.163. The zero-order valence-electron chi connectivity index (χ0n) is 15.6. The number of rotatable bonds is 6. The van der Waals surface area contributed by atoms with E-state index in [0.29, 0.717) is 18.7 Å². The summed E-state index contributed by atoms with van der Waals surface area (Å²) in [4.78, 5) is 19.1. The molecule has 1 atom stereocenters. The number of carbonyl (C=O) groups is 1. The van der Waals surface area contributed by atoms with Crippen LogP contribution in [0.3, 0.4) is 0 Å². The number of aryl methyl sites for hydroxylation is 4. The van der Waals surface area contributed by atoms with Gasteiger partial charge in [-0.05, 0) is 33.1 Å². The highest BCUT2D eigenvalue weighted by molar-refractivity contribution is 5.77. The van der Waals surface area contributed by atoms with Gasteiger partial charge in [-0.2, -0.15) is 10.1 Å². The van der Waals surface area contributed by atoms with E-state index in [9.17, 15) is 4.79 Å². The molecule has 0 aliphatic carbocycles. The lowest BCUT2D eigenvalue weighted by molar-refractivity contribution is -0.132. The first kappa shape index (κ1) is 17.6. The van der Waals surface area contributed by atoms with Crippen LogP contribution < -0.4 is 0 Å². The standard InChI is InChI=1S/C18H27N5O2/c1-5-15-19-16(25-21-15)9-6-10-17(24)23-11-7-8-14(23)18-12(2)20-22(4)13(18)3/h14H,5-11H2,1-4H3. The van der Waals surface area contributed by atoms with E-state index in [1.807, 2.05) is 30.5 Å². The van der Waals surface area contributed by atoms with Crippen LogP contribution in [0.2, 0.25) is 0 Å². The van der Waals surface area contributed by atoms with Crippen LogP contribution in [0.5, 0.6) is 0 Å². The van der Waals surface area contributed by atoms with Crippen molar-refractivity contribution in [2.24, 2.45) is 7.05 Å². The van der Waals surface area contributed by atoms with Gasteiger partial charge in [0.05, 0.1) is 11.7 Å². The van der Waals surface area contributed by atoms with Crippen LogP contribution in [-0.4, -0.2) is 37.3 Å². The van der Waals surface area contributed by atoms with E-state index in [1.54, 1.807) is 0 Å². The molecule has 1 saturated heterocycles. The Kier molecular flexibility index (Phi) is 5.20. The Bertz CT molecular complexity index is 749. The van der Waals surface area contributed by atoms with Gasteiger partial charge in [-0.25, -0.2) is 0 Å². The maximum Gasteiger partial charge on any atom is 0.226 e. The number of amides is 1. The molecule has 0 spiro atoms. The molecule has 7 nitrogen and oxygen atoms in total. The number of carbonyl (C=O) groups excluding carboxylic acids is 1. The Balaban J connectivity index is 1.61. The maximum atomic E-state index is 12.7. The van der Waals surface area contributed by atoms with Crippen molar-refractivity contribution in [3.63, 3.8) is 0 Å². The molecule has 0 bridgehead atoms. The third-order valence-electron chi connectivity index (χ3n) is 5.08. The second-order valence-electron chi connectivity index (χ2n) is 6.76. The molecular weight excluding hydrogens is 318 g/mol. The largest absolute Gasteiger partial charge is 0.339 e. The minimum Gasteiger partial charge on any atom is -0.339 e. The lowest BCUT2D eigenvalue weighted by Gasteiger charge is -2.25. The quantitative estimate of drug-likeness (QED) is 0.804. The molecule has 7 heteroatoms. The molecule has 0 N–H and O–H groups in total. The summed E-state index contributed by atoms with van der Waals surface area (Å²) < 4.78 is 7.10. The second kappa shape index (κ2) is 7.37. The number of aromatic nitrogens is 4. The highest BCUT2D eigenvalue weighted by atomic mass is 16.5. The van der Waals surface area contributed by atoms with Gasteiger partial charge in [0.25, 0.3) is 0 Å². The first-order valence-corrected chi connectivity index (χ1v) is 9.12. The molecule has 1 unspecified atom stereocenters. The fourth-order valence-electron chi connectivity index (χ4n) is 3.71. The van der Waals surface area contributed by atoms with Crippen LogP contribution in [0.1, 0.15) is 67.3 Å². The Morgan fingerprint density at radius 2 is 2.16 bits per heavy atom. The summed E-state index contributed by atoms with van der Waals surface area (Å²) in [7, 11) is 1.96. The monoisotopic (exact) mass is 345 g/mol. The normalized spacial score (nSPS) is 17.4. The van der Waals surface area contributed by atoms with Gasteiger partial charge < -0.3 is 9.42 Å². The first-order valence-electron chi connectivity index (χ1n) is 9.12. The third kappa shape index (κ3) is 3.60. The number of likely N-dealkylation sites (tertiary alicyclic amines) is 1. The highest BCUT2D eigenvalue weighted by Gasteiger charge is 2.33. The fourth-order valence-corrected chi connectivity index (χ4v) is 3.71. The minimum atomic E-state index is 0.163. The van der Waals surface area contributed by atoms with Crippen molar-refractivity contribution in [1.82, 2.24) is 24.8 Å². The van der Waals surface area contributed by atoms with Gasteiger partial charge in [-0.15, -0.1) is 0 Å². The first-order chi connectivity index (χ1) is 12.0. The van der Waals surface area contributed by atoms with Gasteiger partial charge in [0.15, 0.2) is 5.82 Å². The molecule has 3 rings (SSSR count). The molecule has 2 aromatic heterocycles. The van der Waals surface area contributed by atoms with Crippen molar-refractivity contribution in [2.45, 2.75) is 65.3 Å². The molecule has 0 aromatic carbocycles. The molecule has 25 heavy (non-hydrogen) atoms. The van der Waals surface area contributed by atoms with Crippen LogP contribution in [0.4, 0.5) is 0 Å². The van der Waals surface area contributed by atoms with Gasteiger partial charge in [-0.3, -0.25) is 9.48 Å². The Labute approximate surface area is 148 Å². The van der Waals surface area contributed by atoms with Crippen molar-refractivity contribution in [3.05, 3.63) is 28.7 Å². The van der Waals surface area contributed by atoms with E-state index in [4.69, 9.17) is 4.52 Å². The molecule has 136 valence electrons. The Morgan fingerprint density at radius 1 is 1.36 bits per heavy atom. The number of hydrogen-bond acceptors (Lipinski definition) is 5. The summed E-state index contributed by atoms with van der Waals surface area (Å²) in [5.41, 5.74) is 3.40. The van der Waals surface area contributed by atoms with Gasteiger partial charge in [-0.1, -0.05) is 12.1 Å². The molecule has 0 radical (unpaired) electrons. The smallest absolute Gasteiger partial charge is 0.226 e. The fraction of sp³-hybridized carbons (Fsp3) is 0.667.